The van der Waals surface area contributed by atoms with Gasteiger partial charge in [0.1, 0.15) is 11.2 Å². The van der Waals surface area contributed by atoms with E-state index >= 15 is 0 Å². The van der Waals surface area contributed by atoms with Crippen LogP contribution in [0.2, 0.25) is 0 Å². The highest BCUT2D eigenvalue weighted by atomic mass is 19.3. The zero-order valence-electron chi connectivity index (χ0n) is 12.9. The van der Waals surface area contributed by atoms with Gasteiger partial charge in [-0.25, -0.2) is 13.2 Å². The van der Waals surface area contributed by atoms with Crippen LogP contribution in [0.5, 0.6) is 0 Å². The lowest BCUT2D eigenvalue weighted by Gasteiger charge is -2.31. The first-order valence-corrected chi connectivity index (χ1v) is 7.58. The molecule has 6 heteroatoms. The first-order chi connectivity index (χ1) is 10.7. The minimum atomic E-state index is -3.11. The third-order valence-corrected chi connectivity index (χ3v) is 5.26. The number of halogens is 3. The molecule has 1 amide bonds. The summed E-state index contributed by atoms with van der Waals surface area (Å²) in [7, 11) is 0. The topological polar surface area (TPSA) is 44.1 Å². The van der Waals surface area contributed by atoms with Crippen molar-refractivity contribution in [2.45, 2.75) is 51.1 Å². The Bertz CT molecular complexity index is 707. The molecule has 1 aromatic rings. The lowest BCUT2D eigenvalue weighted by atomic mass is 9.80. The van der Waals surface area contributed by atoms with Crippen LogP contribution in [0, 0.1) is 22.6 Å². The van der Waals surface area contributed by atoms with Crippen LogP contribution in [0.25, 0.3) is 0 Å². The van der Waals surface area contributed by atoms with E-state index in [0.29, 0.717) is 18.4 Å². The molecule has 2 aliphatic rings. The van der Waals surface area contributed by atoms with Crippen LogP contribution in [-0.2, 0) is 4.79 Å². The SMILES string of the molecule is CC(F)(F)[C@]1(C)C[C@@H]2CC[C@H](c3cc(F)cc(C#N)c3)N2C1=O. The highest BCUT2D eigenvalue weighted by Crippen LogP contribution is 2.54. The molecule has 2 fully saturated rings. The molecule has 1 aromatic carbocycles. The van der Waals surface area contributed by atoms with E-state index < -0.39 is 29.1 Å². The van der Waals surface area contributed by atoms with E-state index in [1.165, 1.54) is 24.0 Å². The van der Waals surface area contributed by atoms with Gasteiger partial charge in [-0.05, 0) is 49.9 Å². The van der Waals surface area contributed by atoms with Crippen molar-refractivity contribution in [1.82, 2.24) is 4.90 Å². The van der Waals surface area contributed by atoms with E-state index in [4.69, 9.17) is 5.26 Å². The fourth-order valence-electron chi connectivity index (χ4n) is 3.80. The number of alkyl halides is 2. The molecule has 2 saturated heterocycles. The Morgan fingerprint density at radius 3 is 2.65 bits per heavy atom. The Kier molecular flexibility index (Phi) is 3.44. The average molecular weight is 322 g/mol. The Morgan fingerprint density at radius 1 is 1.35 bits per heavy atom. The molecule has 0 aliphatic carbocycles. The van der Waals surface area contributed by atoms with Gasteiger partial charge < -0.3 is 4.90 Å². The largest absolute Gasteiger partial charge is 0.332 e. The standard InChI is InChI=1S/C17H17F3N2O/c1-16(17(2,19)20)8-13-3-4-14(22(13)15(16)23)11-5-10(9-21)6-12(18)7-11/h5-7,13-14H,3-4,8H2,1-2H3/t13-,14+,16+/m0/s1. The van der Waals surface area contributed by atoms with Crippen LogP contribution in [0.1, 0.15) is 50.3 Å². The number of amides is 1. The lowest BCUT2D eigenvalue weighted by molar-refractivity contribution is -0.156. The first-order valence-electron chi connectivity index (χ1n) is 7.58. The molecule has 0 saturated carbocycles. The van der Waals surface area contributed by atoms with Crippen molar-refractivity contribution >= 4 is 5.91 Å². The number of carbonyl (C=O) groups is 1. The fraction of sp³-hybridized carbons (Fsp3) is 0.529. The van der Waals surface area contributed by atoms with Crippen LogP contribution < -0.4 is 0 Å². The van der Waals surface area contributed by atoms with Gasteiger partial charge in [0.05, 0.1) is 17.7 Å². The number of nitrogens with zero attached hydrogens (tertiary/aromatic N) is 2. The zero-order valence-corrected chi connectivity index (χ0v) is 12.9. The smallest absolute Gasteiger partial charge is 0.259 e. The Balaban J connectivity index is 1.98. The minimum absolute atomic E-state index is 0.103. The van der Waals surface area contributed by atoms with Gasteiger partial charge in [-0.1, -0.05) is 0 Å². The lowest BCUT2D eigenvalue weighted by Crippen LogP contribution is -2.44. The van der Waals surface area contributed by atoms with E-state index in [2.05, 4.69) is 0 Å². The molecule has 0 unspecified atom stereocenters. The Labute approximate surface area is 132 Å². The third kappa shape index (κ3) is 2.30. The molecule has 2 heterocycles. The van der Waals surface area contributed by atoms with Crippen molar-refractivity contribution in [1.29, 1.82) is 5.26 Å². The fourth-order valence-corrected chi connectivity index (χ4v) is 3.80. The van der Waals surface area contributed by atoms with Gasteiger partial charge in [0.2, 0.25) is 5.91 Å². The predicted octanol–water partition coefficient (Wildman–Crippen LogP) is 3.79. The van der Waals surface area contributed by atoms with Crippen molar-refractivity contribution in [2.75, 3.05) is 0 Å². The zero-order chi connectivity index (χ0) is 17.0. The van der Waals surface area contributed by atoms with Gasteiger partial charge >= 0.3 is 0 Å². The van der Waals surface area contributed by atoms with Gasteiger partial charge in [0, 0.05) is 13.0 Å². The van der Waals surface area contributed by atoms with Crippen LogP contribution in [0.3, 0.4) is 0 Å². The summed E-state index contributed by atoms with van der Waals surface area (Å²) in [6, 6.07) is 5.11. The van der Waals surface area contributed by atoms with Gasteiger partial charge in [-0.15, -0.1) is 0 Å². The first kappa shape index (κ1) is 15.9. The summed E-state index contributed by atoms with van der Waals surface area (Å²) >= 11 is 0. The molecule has 0 bridgehead atoms. The monoisotopic (exact) mass is 322 g/mol. The molecule has 23 heavy (non-hydrogen) atoms. The highest BCUT2D eigenvalue weighted by Gasteiger charge is 2.62. The highest BCUT2D eigenvalue weighted by molar-refractivity contribution is 5.87. The van der Waals surface area contributed by atoms with E-state index in [1.807, 2.05) is 6.07 Å². The summed E-state index contributed by atoms with van der Waals surface area (Å²) in [5, 5.41) is 8.96. The number of rotatable bonds is 2. The molecular weight excluding hydrogens is 305 g/mol. The second-order valence-electron chi connectivity index (χ2n) is 6.77. The van der Waals surface area contributed by atoms with E-state index in [1.54, 1.807) is 0 Å². The number of hydrogen-bond donors (Lipinski definition) is 0. The molecule has 0 radical (unpaired) electrons. The maximum Gasteiger partial charge on any atom is 0.259 e. The summed E-state index contributed by atoms with van der Waals surface area (Å²) in [4.78, 5) is 14.1. The third-order valence-electron chi connectivity index (χ3n) is 5.26. The molecule has 0 aromatic heterocycles. The summed E-state index contributed by atoms with van der Waals surface area (Å²) in [5.74, 6) is -4.25. The van der Waals surface area contributed by atoms with Gasteiger partial charge in [-0.2, -0.15) is 5.26 Å². The Morgan fingerprint density at radius 2 is 2.04 bits per heavy atom. The average Bonchev–Trinajstić information content (AvgIpc) is 2.97. The predicted molar refractivity (Wildman–Crippen MR) is 77.1 cm³/mol. The minimum Gasteiger partial charge on any atom is -0.332 e. The van der Waals surface area contributed by atoms with Crippen molar-refractivity contribution in [3.63, 3.8) is 0 Å². The van der Waals surface area contributed by atoms with E-state index in [9.17, 15) is 18.0 Å². The van der Waals surface area contributed by atoms with E-state index in [0.717, 1.165) is 13.0 Å². The quantitative estimate of drug-likeness (QED) is 0.831. The molecule has 3 atom stereocenters. The Hall–Kier alpha value is -2.03. The molecule has 2 aliphatic heterocycles. The molecule has 0 N–H and O–H groups in total. The summed E-state index contributed by atoms with van der Waals surface area (Å²) in [6.07, 6.45) is 1.31. The van der Waals surface area contributed by atoms with Crippen LogP contribution in [0.4, 0.5) is 13.2 Å². The number of fused-ring (bicyclic) bond motifs is 1. The van der Waals surface area contributed by atoms with Crippen LogP contribution in [-0.4, -0.2) is 22.8 Å². The number of hydrogen-bond acceptors (Lipinski definition) is 2. The van der Waals surface area contributed by atoms with Gasteiger partial charge in [0.25, 0.3) is 5.92 Å². The van der Waals surface area contributed by atoms with Crippen molar-refractivity contribution in [3.8, 4) is 6.07 Å². The van der Waals surface area contributed by atoms with Crippen molar-refractivity contribution in [3.05, 3.63) is 35.1 Å². The number of carbonyl (C=O) groups excluding carboxylic acids is 1. The van der Waals surface area contributed by atoms with E-state index in [-0.39, 0.29) is 18.0 Å². The molecular formula is C17H17F3N2O. The van der Waals surface area contributed by atoms with Gasteiger partial charge in [-0.3, -0.25) is 4.79 Å². The summed E-state index contributed by atoms with van der Waals surface area (Å²) < 4.78 is 41.5. The van der Waals surface area contributed by atoms with Crippen molar-refractivity contribution in [2.24, 2.45) is 5.41 Å². The molecule has 3 rings (SSSR count). The van der Waals surface area contributed by atoms with Crippen LogP contribution in [0.15, 0.2) is 18.2 Å². The maximum atomic E-state index is 13.9. The summed E-state index contributed by atoms with van der Waals surface area (Å²) in [5.41, 5.74) is -1.05. The number of benzene rings is 1. The molecule has 122 valence electrons. The second kappa shape index (κ2) is 4.98. The van der Waals surface area contributed by atoms with Gasteiger partial charge in [0.15, 0.2) is 0 Å². The molecule has 0 spiro atoms. The number of nitriles is 1. The maximum absolute atomic E-state index is 13.9. The van der Waals surface area contributed by atoms with Crippen LogP contribution >= 0.6 is 0 Å². The van der Waals surface area contributed by atoms with Crippen molar-refractivity contribution < 1.29 is 18.0 Å². The summed E-state index contributed by atoms with van der Waals surface area (Å²) in [6.45, 7) is 2.08. The molecule has 3 nitrogen and oxygen atoms in total. The second-order valence-corrected chi connectivity index (χ2v) is 6.77. The normalized spacial score (nSPS) is 30.4.